The summed E-state index contributed by atoms with van der Waals surface area (Å²) in [6, 6.07) is 9.74. The molecule has 0 aliphatic heterocycles. The van der Waals surface area contributed by atoms with Gasteiger partial charge < -0.3 is 0 Å². The molecule has 0 saturated carbocycles. The van der Waals surface area contributed by atoms with E-state index in [1.165, 1.54) is 0 Å². The predicted molar refractivity (Wildman–Crippen MR) is 49.5 cm³/mol. The Morgan fingerprint density at radius 3 is 2.67 bits per heavy atom. The normalized spacial score (nSPS) is 12.5. The largest absolute Gasteiger partial charge is 0.293 e. The van der Waals surface area contributed by atoms with Crippen molar-refractivity contribution in [3.8, 4) is 0 Å². The number of benzene rings is 1. The maximum Gasteiger partial charge on any atom is 0.180 e. The van der Waals surface area contributed by atoms with E-state index in [-0.39, 0.29) is 5.78 Å². The van der Waals surface area contributed by atoms with Crippen LogP contribution in [0.3, 0.4) is 0 Å². The maximum atomic E-state index is 11.4. The maximum absolute atomic E-state index is 11.4. The SMILES string of the molecule is CCC(Cl)C(=O)c1cc[c]cc1. The molecule has 0 heterocycles. The van der Waals surface area contributed by atoms with E-state index in [2.05, 4.69) is 6.07 Å². The molecular formula is C10H10ClO. The molecule has 1 aromatic carbocycles. The van der Waals surface area contributed by atoms with E-state index in [1.54, 1.807) is 24.3 Å². The van der Waals surface area contributed by atoms with Gasteiger partial charge in [-0.2, -0.15) is 0 Å². The minimum atomic E-state index is -0.396. The molecule has 0 bridgehead atoms. The van der Waals surface area contributed by atoms with E-state index in [4.69, 9.17) is 11.6 Å². The van der Waals surface area contributed by atoms with Crippen molar-refractivity contribution in [2.45, 2.75) is 18.7 Å². The average Bonchev–Trinajstić information content (AvgIpc) is 2.17. The first-order chi connectivity index (χ1) is 5.75. The monoisotopic (exact) mass is 181 g/mol. The van der Waals surface area contributed by atoms with Crippen LogP contribution in [0.5, 0.6) is 0 Å². The number of rotatable bonds is 3. The molecule has 1 rings (SSSR count). The highest BCUT2D eigenvalue weighted by molar-refractivity contribution is 6.33. The highest BCUT2D eigenvalue weighted by atomic mass is 35.5. The van der Waals surface area contributed by atoms with Crippen molar-refractivity contribution in [3.05, 3.63) is 35.9 Å². The van der Waals surface area contributed by atoms with Crippen LogP contribution in [0, 0.1) is 6.07 Å². The van der Waals surface area contributed by atoms with Crippen LogP contribution >= 0.6 is 11.6 Å². The number of carbonyl (C=O) groups excluding carboxylic acids is 1. The fourth-order valence-corrected chi connectivity index (χ4v) is 1.04. The van der Waals surface area contributed by atoms with E-state index in [0.717, 1.165) is 0 Å². The van der Waals surface area contributed by atoms with Gasteiger partial charge in [0.05, 0.1) is 5.38 Å². The molecule has 2 heteroatoms. The Hall–Kier alpha value is -0.820. The number of Topliss-reactive ketones (excluding diaryl/α,β-unsaturated/α-hetero) is 1. The average molecular weight is 182 g/mol. The number of ketones is 1. The minimum Gasteiger partial charge on any atom is -0.293 e. The molecule has 0 spiro atoms. The smallest absolute Gasteiger partial charge is 0.180 e. The standard InChI is InChI=1S/C10H10ClO/c1-2-9(11)10(12)8-6-4-3-5-7-8/h4-7,9H,2H2,1H3. The topological polar surface area (TPSA) is 17.1 Å². The summed E-state index contributed by atoms with van der Waals surface area (Å²) in [7, 11) is 0. The van der Waals surface area contributed by atoms with E-state index < -0.39 is 5.38 Å². The van der Waals surface area contributed by atoms with Crippen molar-refractivity contribution in [3.63, 3.8) is 0 Å². The molecular weight excluding hydrogens is 172 g/mol. The summed E-state index contributed by atoms with van der Waals surface area (Å²) in [5, 5.41) is -0.396. The summed E-state index contributed by atoms with van der Waals surface area (Å²) in [6.07, 6.45) is 0.666. The third-order valence-electron chi connectivity index (χ3n) is 1.65. The number of carbonyl (C=O) groups is 1. The van der Waals surface area contributed by atoms with Gasteiger partial charge in [0.15, 0.2) is 5.78 Å². The van der Waals surface area contributed by atoms with Crippen LogP contribution in [0.25, 0.3) is 0 Å². The Morgan fingerprint density at radius 2 is 2.17 bits per heavy atom. The Morgan fingerprint density at radius 1 is 1.58 bits per heavy atom. The Kier molecular flexibility index (Phi) is 3.30. The number of halogens is 1. The first-order valence-corrected chi connectivity index (χ1v) is 4.33. The van der Waals surface area contributed by atoms with Gasteiger partial charge >= 0.3 is 0 Å². The summed E-state index contributed by atoms with van der Waals surface area (Å²) >= 11 is 5.79. The first-order valence-electron chi connectivity index (χ1n) is 3.90. The number of hydrogen-bond acceptors (Lipinski definition) is 1. The second-order valence-electron chi connectivity index (χ2n) is 2.53. The quantitative estimate of drug-likeness (QED) is 0.518. The Bertz CT molecular complexity index is 256. The lowest BCUT2D eigenvalue weighted by Gasteiger charge is -2.03. The summed E-state index contributed by atoms with van der Waals surface area (Å²) in [6.45, 7) is 1.89. The Balaban J connectivity index is 2.79. The third kappa shape index (κ3) is 2.08. The Labute approximate surface area is 77.4 Å². The van der Waals surface area contributed by atoms with E-state index in [9.17, 15) is 4.79 Å². The first kappa shape index (κ1) is 9.27. The van der Waals surface area contributed by atoms with Crippen molar-refractivity contribution in [2.75, 3.05) is 0 Å². The van der Waals surface area contributed by atoms with Crippen molar-refractivity contribution in [1.82, 2.24) is 0 Å². The molecule has 1 aromatic rings. The van der Waals surface area contributed by atoms with Crippen LogP contribution in [-0.2, 0) is 0 Å². The number of alkyl halides is 1. The van der Waals surface area contributed by atoms with Gasteiger partial charge in [0.2, 0.25) is 0 Å². The molecule has 0 aliphatic rings. The molecule has 0 fully saturated rings. The molecule has 0 N–H and O–H groups in total. The second kappa shape index (κ2) is 4.27. The lowest BCUT2D eigenvalue weighted by molar-refractivity contribution is 0.0985. The van der Waals surface area contributed by atoms with E-state index in [0.29, 0.717) is 12.0 Å². The highest BCUT2D eigenvalue weighted by Gasteiger charge is 2.13. The van der Waals surface area contributed by atoms with Crippen LogP contribution in [0.2, 0.25) is 0 Å². The fraction of sp³-hybridized carbons (Fsp3) is 0.300. The van der Waals surface area contributed by atoms with Crippen LogP contribution < -0.4 is 0 Å². The van der Waals surface area contributed by atoms with Crippen LogP contribution in [-0.4, -0.2) is 11.2 Å². The lowest BCUT2D eigenvalue weighted by Crippen LogP contribution is -2.12. The van der Waals surface area contributed by atoms with E-state index >= 15 is 0 Å². The fourth-order valence-electron chi connectivity index (χ4n) is 0.917. The molecule has 0 amide bonds. The predicted octanol–water partition coefficient (Wildman–Crippen LogP) is 2.69. The van der Waals surface area contributed by atoms with Gasteiger partial charge in [-0.3, -0.25) is 4.79 Å². The van der Waals surface area contributed by atoms with Crippen molar-refractivity contribution in [1.29, 1.82) is 0 Å². The van der Waals surface area contributed by atoms with Gasteiger partial charge in [0.1, 0.15) is 0 Å². The van der Waals surface area contributed by atoms with Crippen LogP contribution in [0.15, 0.2) is 24.3 Å². The molecule has 0 aliphatic carbocycles. The molecule has 1 atom stereocenters. The molecule has 0 aromatic heterocycles. The molecule has 1 nitrogen and oxygen atoms in total. The third-order valence-corrected chi connectivity index (χ3v) is 2.15. The van der Waals surface area contributed by atoms with Gasteiger partial charge in [0.25, 0.3) is 0 Å². The van der Waals surface area contributed by atoms with E-state index in [1.807, 2.05) is 6.92 Å². The summed E-state index contributed by atoms with van der Waals surface area (Å²) < 4.78 is 0. The summed E-state index contributed by atoms with van der Waals surface area (Å²) in [4.78, 5) is 11.4. The van der Waals surface area contributed by atoms with Crippen molar-refractivity contribution in [2.24, 2.45) is 0 Å². The number of hydrogen-bond donors (Lipinski definition) is 0. The summed E-state index contributed by atoms with van der Waals surface area (Å²) in [5.74, 6) is -0.00633. The van der Waals surface area contributed by atoms with Gasteiger partial charge in [-0.05, 0) is 12.5 Å². The highest BCUT2D eigenvalue weighted by Crippen LogP contribution is 2.10. The molecule has 63 valence electrons. The molecule has 1 unspecified atom stereocenters. The summed E-state index contributed by atoms with van der Waals surface area (Å²) in [5.41, 5.74) is 0.663. The van der Waals surface area contributed by atoms with Gasteiger partial charge in [-0.25, -0.2) is 0 Å². The van der Waals surface area contributed by atoms with Crippen LogP contribution in [0.1, 0.15) is 23.7 Å². The second-order valence-corrected chi connectivity index (χ2v) is 3.06. The van der Waals surface area contributed by atoms with Gasteiger partial charge in [0, 0.05) is 5.56 Å². The zero-order chi connectivity index (χ0) is 8.97. The van der Waals surface area contributed by atoms with Crippen LogP contribution in [0.4, 0.5) is 0 Å². The molecule has 12 heavy (non-hydrogen) atoms. The van der Waals surface area contributed by atoms with Crippen molar-refractivity contribution < 1.29 is 4.79 Å². The van der Waals surface area contributed by atoms with Gasteiger partial charge in [-0.15, -0.1) is 11.6 Å². The molecule has 0 saturated heterocycles. The minimum absolute atomic E-state index is 0.00633. The molecule has 1 radical (unpaired) electrons. The lowest BCUT2D eigenvalue weighted by atomic mass is 10.1. The van der Waals surface area contributed by atoms with Gasteiger partial charge in [-0.1, -0.05) is 31.2 Å². The van der Waals surface area contributed by atoms with Crippen molar-refractivity contribution >= 4 is 17.4 Å². The zero-order valence-electron chi connectivity index (χ0n) is 6.88. The zero-order valence-corrected chi connectivity index (χ0v) is 7.64.